The molecule has 1 atom stereocenters. The van der Waals surface area contributed by atoms with Crippen LogP contribution in [0.3, 0.4) is 0 Å². The molecule has 4 amide bonds. The van der Waals surface area contributed by atoms with Crippen LogP contribution in [0.5, 0.6) is 0 Å². The summed E-state index contributed by atoms with van der Waals surface area (Å²) in [5.74, 6) is -0.426. The molecule has 25 heavy (non-hydrogen) atoms. The molecular formula is C17H24N4O4. The van der Waals surface area contributed by atoms with Crippen molar-refractivity contribution in [3.63, 3.8) is 0 Å². The van der Waals surface area contributed by atoms with Gasteiger partial charge in [-0.05, 0) is 24.1 Å². The molecule has 0 aliphatic carbocycles. The van der Waals surface area contributed by atoms with Crippen molar-refractivity contribution in [1.29, 1.82) is 0 Å². The normalized spacial score (nSPS) is 14.8. The minimum Gasteiger partial charge on any atom is -0.394 e. The predicted molar refractivity (Wildman–Crippen MR) is 93.1 cm³/mol. The molecule has 136 valence electrons. The monoisotopic (exact) mass is 348 g/mol. The summed E-state index contributed by atoms with van der Waals surface area (Å²) in [7, 11) is 0. The summed E-state index contributed by atoms with van der Waals surface area (Å²) in [6.07, 6.45) is 0.901. The van der Waals surface area contributed by atoms with Crippen molar-refractivity contribution in [2.24, 2.45) is 0 Å². The van der Waals surface area contributed by atoms with Crippen molar-refractivity contribution in [1.82, 2.24) is 15.5 Å². The van der Waals surface area contributed by atoms with Gasteiger partial charge in [-0.2, -0.15) is 0 Å². The molecule has 1 unspecified atom stereocenters. The first-order chi connectivity index (χ1) is 12.0. The van der Waals surface area contributed by atoms with Gasteiger partial charge in [-0.3, -0.25) is 14.5 Å². The molecule has 0 bridgehead atoms. The van der Waals surface area contributed by atoms with E-state index < -0.39 is 0 Å². The molecule has 2 rings (SSSR count). The highest BCUT2D eigenvalue weighted by Gasteiger charge is 2.25. The lowest BCUT2D eigenvalue weighted by Gasteiger charge is -2.14. The van der Waals surface area contributed by atoms with Gasteiger partial charge in [-0.25, -0.2) is 4.79 Å². The molecule has 1 aromatic rings. The van der Waals surface area contributed by atoms with Gasteiger partial charge >= 0.3 is 6.03 Å². The molecule has 0 radical (unpaired) electrons. The Kier molecular flexibility index (Phi) is 6.76. The van der Waals surface area contributed by atoms with Crippen molar-refractivity contribution >= 4 is 23.5 Å². The molecule has 1 saturated heterocycles. The number of carbonyl (C=O) groups excluding carboxylic acids is 3. The lowest BCUT2D eigenvalue weighted by atomic mass is 10.1. The number of urea groups is 1. The van der Waals surface area contributed by atoms with Crippen LogP contribution in [0.4, 0.5) is 10.5 Å². The SMILES string of the molecule is CCC(CO)NC(=O)Cc1ccc(NCC(=O)N2CCNC2=O)cc1. The number of amides is 4. The predicted octanol–water partition coefficient (Wildman–Crippen LogP) is 0.0799. The Morgan fingerprint density at radius 1 is 1.32 bits per heavy atom. The molecular weight excluding hydrogens is 324 g/mol. The quantitative estimate of drug-likeness (QED) is 0.532. The summed E-state index contributed by atoms with van der Waals surface area (Å²) < 4.78 is 0. The van der Waals surface area contributed by atoms with E-state index in [2.05, 4.69) is 16.0 Å². The van der Waals surface area contributed by atoms with Crippen molar-refractivity contribution < 1.29 is 19.5 Å². The molecule has 1 heterocycles. The molecule has 1 aliphatic heterocycles. The van der Waals surface area contributed by atoms with Gasteiger partial charge in [0.2, 0.25) is 11.8 Å². The Hall–Kier alpha value is -2.61. The number of aliphatic hydroxyl groups is 1. The third-order valence-electron chi connectivity index (χ3n) is 4.00. The van der Waals surface area contributed by atoms with Crippen LogP contribution in [-0.4, -0.2) is 60.1 Å². The number of anilines is 1. The van der Waals surface area contributed by atoms with Gasteiger partial charge in [0.1, 0.15) is 0 Å². The maximum Gasteiger partial charge on any atom is 0.324 e. The van der Waals surface area contributed by atoms with Crippen LogP contribution in [0.15, 0.2) is 24.3 Å². The first-order valence-electron chi connectivity index (χ1n) is 8.34. The molecule has 8 heteroatoms. The van der Waals surface area contributed by atoms with Crippen molar-refractivity contribution in [3.05, 3.63) is 29.8 Å². The summed E-state index contributed by atoms with van der Waals surface area (Å²) in [5.41, 5.74) is 1.57. The number of carbonyl (C=O) groups is 3. The van der Waals surface area contributed by atoms with Crippen LogP contribution in [0.1, 0.15) is 18.9 Å². The smallest absolute Gasteiger partial charge is 0.324 e. The van der Waals surface area contributed by atoms with Gasteiger partial charge in [0, 0.05) is 18.8 Å². The number of rotatable bonds is 8. The summed E-state index contributed by atoms with van der Waals surface area (Å²) in [5, 5.41) is 17.4. The first-order valence-corrected chi connectivity index (χ1v) is 8.34. The maximum atomic E-state index is 11.9. The highest BCUT2D eigenvalue weighted by molar-refractivity contribution is 5.97. The highest BCUT2D eigenvalue weighted by atomic mass is 16.3. The minimum atomic E-state index is -0.360. The molecule has 1 fully saturated rings. The van der Waals surface area contributed by atoms with Gasteiger partial charge in [-0.15, -0.1) is 0 Å². The second-order valence-electron chi connectivity index (χ2n) is 5.86. The fourth-order valence-corrected chi connectivity index (χ4v) is 2.46. The molecule has 8 nitrogen and oxygen atoms in total. The van der Waals surface area contributed by atoms with Crippen molar-refractivity contribution in [2.45, 2.75) is 25.8 Å². The molecule has 1 aromatic carbocycles. The van der Waals surface area contributed by atoms with Gasteiger partial charge < -0.3 is 21.1 Å². The number of nitrogens with one attached hydrogen (secondary N) is 3. The summed E-state index contributed by atoms with van der Waals surface area (Å²) in [6.45, 7) is 2.72. The van der Waals surface area contributed by atoms with E-state index in [4.69, 9.17) is 5.11 Å². The fraction of sp³-hybridized carbons (Fsp3) is 0.471. The Morgan fingerprint density at radius 2 is 2.04 bits per heavy atom. The third-order valence-corrected chi connectivity index (χ3v) is 4.00. The average molecular weight is 348 g/mol. The molecule has 0 spiro atoms. The van der Waals surface area contributed by atoms with Crippen LogP contribution in [0.2, 0.25) is 0 Å². The lowest BCUT2D eigenvalue weighted by molar-refractivity contribution is -0.125. The zero-order valence-electron chi connectivity index (χ0n) is 14.2. The fourth-order valence-electron chi connectivity index (χ4n) is 2.46. The van der Waals surface area contributed by atoms with Crippen molar-refractivity contribution in [2.75, 3.05) is 31.6 Å². The maximum absolute atomic E-state index is 11.9. The zero-order chi connectivity index (χ0) is 18.2. The number of hydrogen-bond donors (Lipinski definition) is 4. The van der Waals surface area contributed by atoms with E-state index >= 15 is 0 Å². The summed E-state index contributed by atoms with van der Waals surface area (Å²) >= 11 is 0. The number of imide groups is 1. The Labute approximate surface area is 146 Å². The number of benzene rings is 1. The van der Waals surface area contributed by atoms with E-state index in [1.165, 1.54) is 4.90 Å². The van der Waals surface area contributed by atoms with E-state index in [1.807, 2.05) is 6.92 Å². The van der Waals surface area contributed by atoms with Gasteiger partial charge in [0.25, 0.3) is 0 Å². The van der Waals surface area contributed by atoms with Gasteiger partial charge in [0.05, 0.1) is 25.6 Å². The van der Waals surface area contributed by atoms with Gasteiger partial charge in [-0.1, -0.05) is 19.1 Å². The lowest BCUT2D eigenvalue weighted by Crippen LogP contribution is -2.38. The van der Waals surface area contributed by atoms with E-state index in [0.29, 0.717) is 19.5 Å². The largest absolute Gasteiger partial charge is 0.394 e. The molecule has 0 aromatic heterocycles. The Balaban J connectivity index is 1.80. The molecule has 0 saturated carbocycles. The second kappa shape index (κ2) is 9.03. The average Bonchev–Trinajstić information content (AvgIpc) is 3.05. The zero-order valence-corrected chi connectivity index (χ0v) is 14.2. The van der Waals surface area contributed by atoms with Crippen LogP contribution >= 0.6 is 0 Å². The van der Waals surface area contributed by atoms with Crippen LogP contribution < -0.4 is 16.0 Å². The van der Waals surface area contributed by atoms with Crippen molar-refractivity contribution in [3.8, 4) is 0 Å². The summed E-state index contributed by atoms with van der Waals surface area (Å²) in [4.78, 5) is 36.4. The first kappa shape index (κ1) is 18.7. The summed E-state index contributed by atoms with van der Waals surface area (Å²) in [6, 6.07) is 6.58. The molecule has 1 aliphatic rings. The van der Waals surface area contributed by atoms with E-state index in [0.717, 1.165) is 11.3 Å². The Bertz CT molecular complexity index is 614. The van der Waals surface area contributed by atoms with Crippen LogP contribution in [0, 0.1) is 0 Å². The topological polar surface area (TPSA) is 111 Å². The van der Waals surface area contributed by atoms with E-state index in [-0.39, 0.29) is 43.5 Å². The Morgan fingerprint density at radius 3 is 2.60 bits per heavy atom. The molecule has 4 N–H and O–H groups in total. The number of hydrogen-bond acceptors (Lipinski definition) is 5. The van der Waals surface area contributed by atoms with E-state index in [1.54, 1.807) is 24.3 Å². The standard InChI is InChI=1S/C17H24N4O4/c1-2-13(11-22)20-15(23)9-12-3-5-14(6-4-12)19-10-16(24)21-8-7-18-17(21)25/h3-6,13,19,22H,2,7-11H2,1H3,(H,18,25)(H,20,23). The number of nitrogens with zero attached hydrogens (tertiary/aromatic N) is 1. The second-order valence-corrected chi connectivity index (χ2v) is 5.86. The number of aliphatic hydroxyl groups excluding tert-OH is 1. The van der Waals surface area contributed by atoms with Crippen LogP contribution in [0.25, 0.3) is 0 Å². The van der Waals surface area contributed by atoms with Crippen LogP contribution in [-0.2, 0) is 16.0 Å². The third kappa shape index (κ3) is 5.46. The highest BCUT2D eigenvalue weighted by Crippen LogP contribution is 2.10. The van der Waals surface area contributed by atoms with Gasteiger partial charge in [0.15, 0.2) is 0 Å². The van der Waals surface area contributed by atoms with E-state index in [9.17, 15) is 14.4 Å². The minimum absolute atomic E-state index is 0.0297.